The second-order valence-corrected chi connectivity index (χ2v) is 5.83. The molecule has 0 aliphatic carbocycles. The molecular formula is C17H14BrNO5. The first kappa shape index (κ1) is 16.3. The SMILES string of the molecule is COC(=O)c1ccc(OCCn2c(=O)oc3ccccc32)c(Br)c1. The van der Waals surface area contributed by atoms with Gasteiger partial charge in [0.15, 0.2) is 5.58 Å². The maximum absolute atomic E-state index is 11.9. The van der Waals surface area contributed by atoms with Gasteiger partial charge >= 0.3 is 11.7 Å². The average molecular weight is 392 g/mol. The molecule has 0 radical (unpaired) electrons. The molecule has 0 unspecified atom stereocenters. The zero-order valence-electron chi connectivity index (χ0n) is 12.8. The van der Waals surface area contributed by atoms with Crippen molar-refractivity contribution in [3.05, 3.63) is 63.1 Å². The Bertz CT molecular complexity index is 944. The van der Waals surface area contributed by atoms with Crippen molar-refractivity contribution in [2.24, 2.45) is 0 Å². The lowest BCUT2D eigenvalue weighted by molar-refractivity contribution is 0.0600. The number of halogens is 1. The van der Waals surface area contributed by atoms with Gasteiger partial charge in [-0.25, -0.2) is 9.59 Å². The molecule has 0 amide bonds. The van der Waals surface area contributed by atoms with Gasteiger partial charge in [-0.1, -0.05) is 12.1 Å². The van der Waals surface area contributed by atoms with Gasteiger partial charge in [0, 0.05) is 0 Å². The van der Waals surface area contributed by atoms with Crippen LogP contribution in [0.15, 0.2) is 56.1 Å². The van der Waals surface area contributed by atoms with E-state index in [1.165, 1.54) is 11.7 Å². The van der Waals surface area contributed by atoms with Crippen molar-refractivity contribution in [3.8, 4) is 5.75 Å². The Kier molecular flexibility index (Phi) is 4.71. The van der Waals surface area contributed by atoms with Gasteiger partial charge in [-0.3, -0.25) is 4.57 Å². The Morgan fingerprint density at radius 2 is 2.04 bits per heavy atom. The predicted octanol–water partition coefficient (Wildman–Crippen LogP) is 3.22. The number of aromatic nitrogens is 1. The summed E-state index contributed by atoms with van der Waals surface area (Å²) < 4.78 is 17.7. The molecule has 124 valence electrons. The predicted molar refractivity (Wildman–Crippen MR) is 91.5 cm³/mol. The van der Waals surface area contributed by atoms with Crippen LogP contribution >= 0.6 is 15.9 Å². The maximum Gasteiger partial charge on any atom is 0.420 e. The molecule has 0 atom stereocenters. The number of esters is 1. The highest BCUT2D eigenvalue weighted by atomic mass is 79.9. The van der Waals surface area contributed by atoms with E-state index in [4.69, 9.17) is 9.15 Å². The van der Waals surface area contributed by atoms with E-state index in [2.05, 4.69) is 20.7 Å². The monoisotopic (exact) mass is 391 g/mol. The average Bonchev–Trinajstić information content (AvgIpc) is 2.91. The molecule has 7 heteroatoms. The highest BCUT2D eigenvalue weighted by molar-refractivity contribution is 9.10. The molecule has 0 aliphatic heterocycles. The van der Waals surface area contributed by atoms with Crippen LogP contribution in [-0.2, 0) is 11.3 Å². The molecule has 0 fully saturated rings. The van der Waals surface area contributed by atoms with E-state index in [1.54, 1.807) is 24.3 Å². The summed E-state index contributed by atoms with van der Waals surface area (Å²) in [4.78, 5) is 23.4. The molecule has 1 aromatic heterocycles. The van der Waals surface area contributed by atoms with Gasteiger partial charge in [-0.15, -0.1) is 0 Å². The molecule has 24 heavy (non-hydrogen) atoms. The summed E-state index contributed by atoms with van der Waals surface area (Å²) in [6.45, 7) is 0.626. The number of rotatable bonds is 5. The normalized spacial score (nSPS) is 10.8. The number of benzene rings is 2. The van der Waals surface area contributed by atoms with Crippen LogP contribution in [0.5, 0.6) is 5.75 Å². The van der Waals surface area contributed by atoms with Gasteiger partial charge < -0.3 is 13.9 Å². The first-order valence-corrected chi connectivity index (χ1v) is 7.98. The van der Waals surface area contributed by atoms with Gasteiger partial charge in [-0.05, 0) is 46.3 Å². The highest BCUT2D eigenvalue weighted by Crippen LogP contribution is 2.26. The first-order chi connectivity index (χ1) is 11.6. The lowest BCUT2D eigenvalue weighted by atomic mass is 10.2. The highest BCUT2D eigenvalue weighted by Gasteiger charge is 2.11. The standard InChI is InChI=1S/C17H14BrNO5/c1-22-16(20)11-6-7-14(12(18)10-11)23-9-8-19-13-4-2-3-5-15(13)24-17(19)21/h2-7,10H,8-9H2,1H3. The number of carbonyl (C=O) groups excluding carboxylic acids is 1. The third-order valence-corrected chi connectivity index (χ3v) is 4.12. The maximum atomic E-state index is 11.9. The third-order valence-electron chi connectivity index (χ3n) is 3.50. The van der Waals surface area contributed by atoms with Crippen molar-refractivity contribution < 1.29 is 18.7 Å². The van der Waals surface area contributed by atoms with Gasteiger partial charge in [0.2, 0.25) is 0 Å². The minimum Gasteiger partial charge on any atom is -0.491 e. The quantitative estimate of drug-likeness (QED) is 0.624. The van der Waals surface area contributed by atoms with Crippen LogP contribution in [0.2, 0.25) is 0 Å². The fourth-order valence-electron chi connectivity index (χ4n) is 2.34. The Hall–Kier alpha value is -2.54. The first-order valence-electron chi connectivity index (χ1n) is 7.19. The minimum absolute atomic E-state index is 0.277. The summed E-state index contributed by atoms with van der Waals surface area (Å²) >= 11 is 3.36. The van der Waals surface area contributed by atoms with Gasteiger partial charge in [-0.2, -0.15) is 0 Å². The van der Waals surface area contributed by atoms with Crippen LogP contribution in [0.25, 0.3) is 11.1 Å². The van der Waals surface area contributed by atoms with Crippen LogP contribution in [0.4, 0.5) is 0 Å². The van der Waals surface area contributed by atoms with E-state index in [9.17, 15) is 9.59 Å². The molecule has 0 N–H and O–H groups in total. The molecule has 0 saturated heterocycles. The van der Waals surface area contributed by atoms with Gasteiger partial charge in [0.05, 0.1) is 29.2 Å². The summed E-state index contributed by atoms with van der Waals surface area (Å²) in [5, 5.41) is 0. The summed E-state index contributed by atoms with van der Waals surface area (Å²) in [5.41, 5.74) is 1.70. The Morgan fingerprint density at radius 3 is 2.79 bits per heavy atom. The van der Waals surface area contributed by atoms with Crippen molar-refractivity contribution >= 4 is 33.0 Å². The molecule has 2 aromatic carbocycles. The summed E-state index contributed by atoms with van der Waals surface area (Å²) in [6, 6.07) is 12.1. The topological polar surface area (TPSA) is 70.7 Å². The van der Waals surface area contributed by atoms with E-state index >= 15 is 0 Å². The van der Waals surface area contributed by atoms with E-state index in [-0.39, 0.29) is 6.61 Å². The van der Waals surface area contributed by atoms with Crippen molar-refractivity contribution in [2.75, 3.05) is 13.7 Å². The van der Waals surface area contributed by atoms with Crippen molar-refractivity contribution in [2.45, 2.75) is 6.54 Å². The Morgan fingerprint density at radius 1 is 1.25 bits per heavy atom. The minimum atomic E-state index is -0.418. The molecule has 0 aliphatic rings. The zero-order chi connectivity index (χ0) is 17.1. The number of hydrogen-bond donors (Lipinski definition) is 0. The Labute approximate surface area is 145 Å². The molecule has 0 spiro atoms. The number of methoxy groups -OCH3 is 1. The van der Waals surface area contributed by atoms with Crippen LogP contribution in [-0.4, -0.2) is 24.3 Å². The fourth-order valence-corrected chi connectivity index (χ4v) is 2.83. The van der Waals surface area contributed by atoms with E-state index in [0.717, 1.165) is 5.52 Å². The number of ether oxygens (including phenoxy) is 2. The second kappa shape index (κ2) is 6.92. The van der Waals surface area contributed by atoms with E-state index < -0.39 is 11.7 Å². The smallest absolute Gasteiger partial charge is 0.420 e. The van der Waals surface area contributed by atoms with Crippen molar-refractivity contribution in [1.29, 1.82) is 0 Å². The molecule has 0 bridgehead atoms. The number of hydrogen-bond acceptors (Lipinski definition) is 5. The zero-order valence-corrected chi connectivity index (χ0v) is 14.4. The molecule has 3 aromatic rings. The summed E-state index contributed by atoms with van der Waals surface area (Å²) in [6.07, 6.45) is 0. The van der Waals surface area contributed by atoms with Crippen LogP contribution in [0.1, 0.15) is 10.4 Å². The third kappa shape index (κ3) is 3.21. The van der Waals surface area contributed by atoms with E-state index in [1.807, 2.05) is 18.2 Å². The number of fused-ring (bicyclic) bond motifs is 1. The van der Waals surface area contributed by atoms with Crippen molar-refractivity contribution in [3.63, 3.8) is 0 Å². The van der Waals surface area contributed by atoms with Gasteiger partial charge in [0.25, 0.3) is 0 Å². The lowest BCUT2D eigenvalue weighted by Gasteiger charge is -2.09. The Balaban J connectivity index is 1.71. The molecule has 3 rings (SSSR count). The summed E-state index contributed by atoms with van der Waals surface area (Å²) in [7, 11) is 1.33. The molecule has 6 nitrogen and oxygen atoms in total. The van der Waals surface area contributed by atoms with Gasteiger partial charge in [0.1, 0.15) is 12.4 Å². The van der Waals surface area contributed by atoms with Crippen LogP contribution in [0.3, 0.4) is 0 Å². The number of nitrogens with zero attached hydrogens (tertiary/aromatic N) is 1. The summed E-state index contributed by atoms with van der Waals surface area (Å²) in [5.74, 6) is -0.262. The number of para-hydroxylation sites is 2. The molecule has 1 heterocycles. The number of carbonyl (C=O) groups is 1. The lowest BCUT2D eigenvalue weighted by Crippen LogP contribution is -2.18. The van der Waals surface area contributed by atoms with Crippen LogP contribution in [0, 0.1) is 0 Å². The largest absolute Gasteiger partial charge is 0.491 e. The van der Waals surface area contributed by atoms with Crippen molar-refractivity contribution in [1.82, 2.24) is 4.57 Å². The second-order valence-electron chi connectivity index (χ2n) is 4.97. The number of oxazole rings is 1. The fraction of sp³-hybridized carbons (Fsp3) is 0.176. The van der Waals surface area contributed by atoms with Crippen LogP contribution < -0.4 is 10.5 Å². The molecule has 0 saturated carbocycles. The molecular weight excluding hydrogens is 378 g/mol. The van der Waals surface area contributed by atoms with E-state index in [0.29, 0.717) is 27.9 Å².